The van der Waals surface area contributed by atoms with E-state index in [2.05, 4.69) is 0 Å². The molecule has 0 fully saturated rings. The molecule has 3 nitrogen and oxygen atoms in total. The molecule has 0 aromatic heterocycles. The number of carbonyl (C=O) groups excluding carboxylic acids is 2. The number of carbonyl (C=O) groups is 2. The first kappa shape index (κ1) is 14.7. The van der Waals surface area contributed by atoms with Crippen LogP contribution in [0.15, 0.2) is 54.6 Å². The summed E-state index contributed by atoms with van der Waals surface area (Å²) in [5.41, 5.74) is 2.48. The number of allylic oxidation sites excluding steroid dienone is 1. The van der Waals surface area contributed by atoms with Crippen LogP contribution >= 0.6 is 0 Å². The van der Waals surface area contributed by atoms with Crippen molar-refractivity contribution in [3.05, 3.63) is 71.3 Å². The Balaban J connectivity index is 2.20. The lowest BCUT2D eigenvalue weighted by Crippen LogP contribution is -2.06. The Morgan fingerprint density at radius 2 is 1.67 bits per heavy atom. The molecule has 0 unspecified atom stereocenters. The molecule has 3 heteroatoms. The van der Waals surface area contributed by atoms with Gasteiger partial charge in [-0.05, 0) is 30.7 Å². The Morgan fingerprint density at radius 3 is 2.33 bits per heavy atom. The number of benzene rings is 2. The molecule has 0 heterocycles. The van der Waals surface area contributed by atoms with E-state index < -0.39 is 5.97 Å². The summed E-state index contributed by atoms with van der Waals surface area (Å²) in [4.78, 5) is 23.3. The fraction of sp³-hybridized carbons (Fsp3) is 0.111. The van der Waals surface area contributed by atoms with Gasteiger partial charge < -0.3 is 4.74 Å². The first-order chi connectivity index (χ1) is 10.1. The van der Waals surface area contributed by atoms with Crippen molar-refractivity contribution >= 4 is 17.8 Å². The first-order valence-electron chi connectivity index (χ1n) is 6.63. The monoisotopic (exact) mass is 280 g/mol. The predicted molar refractivity (Wildman–Crippen MR) is 82.3 cm³/mol. The second kappa shape index (κ2) is 6.66. The van der Waals surface area contributed by atoms with Crippen LogP contribution < -0.4 is 4.74 Å². The highest BCUT2D eigenvalue weighted by Gasteiger charge is 2.10. The van der Waals surface area contributed by atoms with Gasteiger partial charge in [0.1, 0.15) is 5.75 Å². The quantitative estimate of drug-likeness (QED) is 0.370. The maximum absolute atomic E-state index is 12.2. The summed E-state index contributed by atoms with van der Waals surface area (Å²) < 4.78 is 5.04. The van der Waals surface area contributed by atoms with Gasteiger partial charge in [0.15, 0.2) is 5.78 Å². The fourth-order valence-electron chi connectivity index (χ4n) is 1.85. The molecule has 0 saturated heterocycles. The summed E-state index contributed by atoms with van der Waals surface area (Å²) in [7, 11) is 0. The summed E-state index contributed by atoms with van der Waals surface area (Å²) in [6.07, 6.45) is 3.22. The lowest BCUT2D eigenvalue weighted by Gasteiger charge is -2.05. The Hall–Kier alpha value is -2.68. The maximum atomic E-state index is 12.2. The van der Waals surface area contributed by atoms with Crippen molar-refractivity contribution in [1.29, 1.82) is 0 Å². The van der Waals surface area contributed by atoms with Crippen molar-refractivity contribution in [3.63, 3.8) is 0 Å². The molecule has 0 atom stereocenters. The molecule has 0 saturated carbocycles. The van der Waals surface area contributed by atoms with E-state index in [0.29, 0.717) is 5.56 Å². The summed E-state index contributed by atoms with van der Waals surface area (Å²) in [5.74, 6) is -0.367. The van der Waals surface area contributed by atoms with E-state index in [1.54, 1.807) is 30.3 Å². The van der Waals surface area contributed by atoms with Crippen LogP contribution in [0.25, 0.3) is 6.08 Å². The van der Waals surface area contributed by atoms with Gasteiger partial charge in [0, 0.05) is 6.92 Å². The normalized spacial score (nSPS) is 10.6. The van der Waals surface area contributed by atoms with E-state index in [9.17, 15) is 9.59 Å². The molecule has 0 N–H and O–H groups in total. The molecule has 0 aliphatic heterocycles. The molecule has 0 aliphatic carbocycles. The third kappa shape index (κ3) is 4.14. The molecular formula is C18H16O3. The summed E-state index contributed by atoms with van der Waals surface area (Å²) in [6.45, 7) is 3.32. The van der Waals surface area contributed by atoms with Crippen LogP contribution in [0.5, 0.6) is 5.75 Å². The number of esters is 1. The van der Waals surface area contributed by atoms with Gasteiger partial charge in [-0.15, -0.1) is 0 Å². The largest absolute Gasteiger partial charge is 0.426 e. The van der Waals surface area contributed by atoms with E-state index in [0.717, 1.165) is 5.56 Å². The molecule has 0 amide bonds. The topological polar surface area (TPSA) is 43.4 Å². The predicted octanol–water partition coefficient (Wildman–Crippen LogP) is 3.82. The zero-order chi connectivity index (χ0) is 15.2. The molecular weight excluding hydrogens is 264 g/mol. The molecule has 106 valence electrons. The third-order valence-electron chi connectivity index (χ3n) is 2.91. The maximum Gasteiger partial charge on any atom is 0.308 e. The average molecular weight is 280 g/mol. The van der Waals surface area contributed by atoms with Crippen molar-refractivity contribution < 1.29 is 14.3 Å². The van der Waals surface area contributed by atoms with Gasteiger partial charge in [-0.2, -0.15) is 0 Å². The zero-order valence-electron chi connectivity index (χ0n) is 12.0. The Bertz CT molecular complexity index is 682. The van der Waals surface area contributed by atoms with Crippen LogP contribution in [0.2, 0.25) is 0 Å². The lowest BCUT2D eigenvalue weighted by molar-refractivity contribution is -0.131. The van der Waals surface area contributed by atoms with Crippen LogP contribution in [0.1, 0.15) is 28.4 Å². The van der Waals surface area contributed by atoms with Crippen LogP contribution in [-0.2, 0) is 4.79 Å². The van der Waals surface area contributed by atoms with Crippen LogP contribution in [0, 0.1) is 6.92 Å². The van der Waals surface area contributed by atoms with E-state index in [4.69, 9.17) is 4.74 Å². The number of aryl methyl sites for hydroxylation is 1. The second-order valence-electron chi connectivity index (χ2n) is 4.70. The minimum absolute atomic E-state index is 0.201. The van der Waals surface area contributed by atoms with Crippen LogP contribution in [0.3, 0.4) is 0 Å². The van der Waals surface area contributed by atoms with Crippen LogP contribution in [-0.4, -0.2) is 11.8 Å². The van der Waals surface area contributed by atoms with Crippen molar-refractivity contribution in [1.82, 2.24) is 0 Å². The highest BCUT2D eigenvalue weighted by atomic mass is 16.5. The van der Waals surface area contributed by atoms with Gasteiger partial charge in [0.2, 0.25) is 0 Å². The number of rotatable bonds is 4. The second-order valence-corrected chi connectivity index (χ2v) is 4.70. The summed E-state index contributed by atoms with van der Waals surface area (Å²) in [5, 5.41) is 0. The summed E-state index contributed by atoms with van der Waals surface area (Å²) in [6, 6.07) is 14.6. The van der Waals surface area contributed by atoms with E-state index in [1.165, 1.54) is 18.6 Å². The lowest BCUT2D eigenvalue weighted by atomic mass is 10.1. The first-order valence-corrected chi connectivity index (χ1v) is 6.63. The van der Waals surface area contributed by atoms with Crippen LogP contribution in [0.4, 0.5) is 0 Å². The van der Waals surface area contributed by atoms with Gasteiger partial charge in [-0.25, -0.2) is 0 Å². The SMILES string of the molecule is CC(=O)Oc1ccccc1C(=O)/C=C/c1ccc(C)cc1. The van der Waals surface area contributed by atoms with Crippen molar-refractivity contribution in [2.75, 3.05) is 0 Å². The number of para-hydroxylation sites is 1. The number of hydrogen-bond donors (Lipinski definition) is 0. The minimum atomic E-state index is -0.447. The minimum Gasteiger partial charge on any atom is -0.426 e. The zero-order valence-corrected chi connectivity index (χ0v) is 12.0. The average Bonchev–Trinajstić information content (AvgIpc) is 2.46. The number of ether oxygens (including phenoxy) is 1. The molecule has 2 aromatic carbocycles. The highest BCUT2D eigenvalue weighted by Crippen LogP contribution is 2.19. The van der Waals surface area contributed by atoms with Gasteiger partial charge in [0.25, 0.3) is 0 Å². The Kier molecular flexibility index (Phi) is 4.67. The van der Waals surface area contributed by atoms with E-state index in [-0.39, 0.29) is 11.5 Å². The molecule has 0 spiro atoms. The molecule has 2 rings (SSSR count). The molecule has 0 aliphatic rings. The Morgan fingerprint density at radius 1 is 1.00 bits per heavy atom. The highest BCUT2D eigenvalue weighted by molar-refractivity contribution is 6.08. The van der Waals surface area contributed by atoms with E-state index in [1.807, 2.05) is 31.2 Å². The smallest absolute Gasteiger partial charge is 0.308 e. The van der Waals surface area contributed by atoms with Gasteiger partial charge in [-0.3, -0.25) is 9.59 Å². The van der Waals surface area contributed by atoms with Crippen molar-refractivity contribution in [3.8, 4) is 5.75 Å². The third-order valence-corrected chi connectivity index (χ3v) is 2.91. The van der Waals surface area contributed by atoms with E-state index >= 15 is 0 Å². The Labute approximate surface area is 123 Å². The molecule has 21 heavy (non-hydrogen) atoms. The number of ketones is 1. The van der Waals surface area contributed by atoms with Gasteiger partial charge in [0.05, 0.1) is 5.56 Å². The molecule has 0 bridgehead atoms. The van der Waals surface area contributed by atoms with Crippen molar-refractivity contribution in [2.24, 2.45) is 0 Å². The summed E-state index contributed by atoms with van der Waals surface area (Å²) >= 11 is 0. The standard InChI is InChI=1S/C18H16O3/c1-13-7-9-15(10-8-13)11-12-17(20)16-5-3-4-6-18(16)21-14(2)19/h3-12H,1-2H3/b12-11+. The molecule has 0 radical (unpaired) electrons. The van der Waals surface area contributed by atoms with Gasteiger partial charge in [-0.1, -0.05) is 48.0 Å². The van der Waals surface area contributed by atoms with Crippen molar-refractivity contribution in [2.45, 2.75) is 13.8 Å². The number of hydrogen-bond acceptors (Lipinski definition) is 3. The molecule has 2 aromatic rings. The fourth-order valence-corrected chi connectivity index (χ4v) is 1.85. The van der Waals surface area contributed by atoms with Gasteiger partial charge >= 0.3 is 5.97 Å².